The Labute approximate surface area is 189 Å². The van der Waals surface area contributed by atoms with Crippen molar-refractivity contribution in [2.75, 3.05) is 5.32 Å². The summed E-state index contributed by atoms with van der Waals surface area (Å²) >= 11 is 3.27. The number of nitrogens with one attached hydrogen (secondary N) is 2. The first-order chi connectivity index (χ1) is 15.2. The highest BCUT2D eigenvalue weighted by molar-refractivity contribution is 9.10. The van der Waals surface area contributed by atoms with Gasteiger partial charge in [0.1, 0.15) is 5.70 Å². The van der Waals surface area contributed by atoms with Gasteiger partial charge in [-0.05, 0) is 57.9 Å². The lowest BCUT2D eigenvalue weighted by Crippen LogP contribution is -2.31. The Morgan fingerprint density at radius 2 is 1.72 bits per heavy atom. The zero-order chi connectivity index (χ0) is 23.1. The number of para-hydroxylation sites is 2. The highest BCUT2D eigenvalue weighted by atomic mass is 79.9. The molecular weight excluding hydrogens is 491 g/mol. The van der Waals surface area contributed by atoms with Gasteiger partial charge in [0, 0.05) is 16.9 Å². The number of alkyl halides is 3. The second kappa shape index (κ2) is 10.1. The number of benzene rings is 2. The zero-order valence-corrected chi connectivity index (χ0v) is 17.8. The maximum absolute atomic E-state index is 12.9. The summed E-state index contributed by atoms with van der Waals surface area (Å²) in [6, 6.07) is 14.9. The molecule has 3 aromatic rings. The number of nitrogens with zero attached hydrogens (tertiary/aromatic N) is 1. The number of ether oxygens (including phenoxy) is 1. The van der Waals surface area contributed by atoms with Gasteiger partial charge in [-0.1, -0.05) is 30.3 Å². The fourth-order valence-corrected chi connectivity index (χ4v) is 3.06. The van der Waals surface area contributed by atoms with E-state index in [4.69, 9.17) is 0 Å². The summed E-state index contributed by atoms with van der Waals surface area (Å²) in [6.07, 6.45) is -0.604. The number of anilines is 1. The molecule has 0 aliphatic heterocycles. The minimum absolute atomic E-state index is 0.208. The fraction of sp³-hybridized carbons (Fsp3) is 0.0455. The van der Waals surface area contributed by atoms with E-state index in [-0.39, 0.29) is 16.9 Å². The minimum Gasteiger partial charge on any atom is -0.404 e. The van der Waals surface area contributed by atoms with E-state index in [9.17, 15) is 22.8 Å². The zero-order valence-electron chi connectivity index (χ0n) is 16.2. The van der Waals surface area contributed by atoms with Gasteiger partial charge >= 0.3 is 6.36 Å². The number of rotatable bonds is 6. The van der Waals surface area contributed by atoms with Crippen LogP contribution in [-0.2, 0) is 4.79 Å². The molecule has 0 aliphatic rings. The van der Waals surface area contributed by atoms with Gasteiger partial charge < -0.3 is 15.4 Å². The van der Waals surface area contributed by atoms with Crippen molar-refractivity contribution in [3.8, 4) is 5.75 Å². The van der Waals surface area contributed by atoms with Crippen molar-refractivity contribution in [1.82, 2.24) is 10.3 Å². The number of carbonyl (C=O) groups is 2. The van der Waals surface area contributed by atoms with E-state index in [1.54, 1.807) is 36.4 Å². The standard InChI is InChI=1S/C22H15BrF3N3O3/c23-16-8-2-1-7-15(16)20(30)29-18(12-14-6-5-11-27-13-14)21(31)28-17-9-3-4-10-19(17)32-22(24,25)26/h1-13H,(H,28,31)(H,29,30)/b18-12-. The summed E-state index contributed by atoms with van der Waals surface area (Å²) < 4.78 is 42.5. The largest absolute Gasteiger partial charge is 0.573 e. The number of aromatic nitrogens is 1. The Balaban J connectivity index is 1.91. The van der Waals surface area contributed by atoms with Gasteiger partial charge in [0.15, 0.2) is 5.75 Å². The molecule has 0 fully saturated rings. The molecule has 3 rings (SSSR count). The van der Waals surface area contributed by atoms with Crippen LogP contribution in [0.25, 0.3) is 6.08 Å². The molecule has 164 valence electrons. The predicted octanol–water partition coefficient (Wildman–Crippen LogP) is 5.15. The lowest BCUT2D eigenvalue weighted by molar-refractivity contribution is -0.274. The molecule has 0 saturated heterocycles. The van der Waals surface area contributed by atoms with E-state index in [2.05, 4.69) is 36.3 Å². The van der Waals surface area contributed by atoms with Crippen molar-refractivity contribution in [2.24, 2.45) is 0 Å². The highest BCUT2D eigenvalue weighted by Crippen LogP contribution is 2.30. The Morgan fingerprint density at radius 1 is 1.00 bits per heavy atom. The molecule has 1 aromatic heterocycles. The first-order valence-electron chi connectivity index (χ1n) is 9.06. The lowest BCUT2D eigenvalue weighted by Gasteiger charge is -2.15. The van der Waals surface area contributed by atoms with E-state index < -0.39 is 23.9 Å². The average molecular weight is 506 g/mol. The molecule has 2 aromatic carbocycles. The molecule has 6 nitrogen and oxygen atoms in total. The van der Waals surface area contributed by atoms with Crippen molar-refractivity contribution in [3.63, 3.8) is 0 Å². The van der Waals surface area contributed by atoms with E-state index in [1.165, 1.54) is 36.7 Å². The van der Waals surface area contributed by atoms with Crippen molar-refractivity contribution in [2.45, 2.75) is 6.36 Å². The second-order valence-corrected chi connectivity index (χ2v) is 7.13. The first kappa shape index (κ1) is 23.0. The summed E-state index contributed by atoms with van der Waals surface area (Å²) in [6.45, 7) is 0. The van der Waals surface area contributed by atoms with Crippen LogP contribution >= 0.6 is 15.9 Å². The van der Waals surface area contributed by atoms with Crippen LogP contribution in [-0.4, -0.2) is 23.2 Å². The number of halogens is 4. The van der Waals surface area contributed by atoms with Gasteiger partial charge in [0.25, 0.3) is 11.8 Å². The Morgan fingerprint density at radius 3 is 2.41 bits per heavy atom. The number of amides is 2. The molecule has 2 amide bonds. The maximum atomic E-state index is 12.9. The molecule has 0 aliphatic carbocycles. The SMILES string of the molecule is O=C(Nc1ccccc1OC(F)(F)F)/C(=C/c1cccnc1)NC(=O)c1ccccc1Br. The van der Waals surface area contributed by atoms with Crippen LogP contribution in [0.3, 0.4) is 0 Å². The molecule has 0 radical (unpaired) electrons. The summed E-state index contributed by atoms with van der Waals surface area (Å²) in [4.78, 5) is 29.6. The Kier molecular flexibility index (Phi) is 7.26. The third-order valence-corrected chi connectivity index (χ3v) is 4.66. The predicted molar refractivity (Wildman–Crippen MR) is 116 cm³/mol. The third kappa shape index (κ3) is 6.42. The summed E-state index contributed by atoms with van der Waals surface area (Å²) in [5, 5.41) is 4.85. The lowest BCUT2D eigenvalue weighted by atomic mass is 10.2. The molecule has 2 N–H and O–H groups in total. The van der Waals surface area contributed by atoms with Crippen molar-refractivity contribution >= 4 is 39.5 Å². The molecule has 0 spiro atoms. The van der Waals surface area contributed by atoms with Gasteiger partial charge in [-0.15, -0.1) is 13.2 Å². The summed E-state index contributed by atoms with van der Waals surface area (Å²) in [5.41, 5.74) is 0.325. The van der Waals surface area contributed by atoms with Crippen LogP contribution in [0.5, 0.6) is 5.75 Å². The van der Waals surface area contributed by atoms with Gasteiger partial charge in [-0.25, -0.2) is 0 Å². The van der Waals surface area contributed by atoms with Crippen molar-refractivity contribution in [3.05, 3.63) is 94.4 Å². The maximum Gasteiger partial charge on any atom is 0.573 e. The number of hydrogen-bond donors (Lipinski definition) is 2. The van der Waals surface area contributed by atoms with E-state index in [1.807, 2.05) is 0 Å². The normalized spacial score (nSPS) is 11.6. The van der Waals surface area contributed by atoms with Crippen LogP contribution in [0.4, 0.5) is 18.9 Å². The smallest absolute Gasteiger partial charge is 0.404 e. The van der Waals surface area contributed by atoms with Gasteiger partial charge in [0.05, 0.1) is 11.3 Å². The van der Waals surface area contributed by atoms with Gasteiger partial charge in [0.2, 0.25) is 0 Å². The Bertz CT molecular complexity index is 1150. The average Bonchev–Trinajstić information content (AvgIpc) is 2.74. The second-order valence-electron chi connectivity index (χ2n) is 6.28. The summed E-state index contributed by atoms with van der Waals surface area (Å²) in [5.74, 6) is -2.04. The monoisotopic (exact) mass is 505 g/mol. The van der Waals surface area contributed by atoms with Crippen LogP contribution in [0, 0.1) is 0 Å². The molecule has 1 heterocycles. The molecule has 0 saturated carbocycles. The van der Waals surface area contributed by atoms with Crippen molar-refractivity contribution in [1.29, 1.82) is 0 Å². The molecule has 0 atom stereocenters. The van der Waals surface area contributed by atoms with Crippen LogP contribution in [0.2, 0.25) is 0 Å². The first-order valence-corrected chi connectivity index (χ1v) is 9.86. The number of carbonyl (C=O) groups excluding carboxylic acids is 2. The fourth-order valence-electron chi connectivity index (χ4n) is 2.59. The van der Waals surface area contributed by atoms with E-state index >= 15 is 0 Å². The minimum atomic E-state index is -4.94. The van der Waals surface area contributed by atoms with E-state index in [0.717, 1.165) is 6.07 Å². The molecular formula is C22H15BrF3N3O3. The van der Waals surface area contributed by atoms with Crippen LogP contribution < -0.4 is 15.4 Å². The topological polar surface area (TPSA) is 80.3 Å². The molecule has 0 bridgehead atoms. The number of pyridine rings is 1. The Hall–Kier alpha value is -3.66. The van der Waals surface area contributed by atoms with E-state index in [0.29, 0.717) is 10.0 Å². The van der Waals surface area contributed by atoms with Crippen LogP contribution in [0.15, 0.2) is 83.2 Å². The highest BCUT2D eigenvalue weighted by Gasteiger charge is 2.32. The molecule has 10 heteroatoms. The quantitative estimate of drug-likeness (QED) is 0.454. The number of hydrogen-bond acceptors (Lipinski definition) is 4. The van der Waals surface area contributed by atoms with Crippen molar-refractivity contribution < 1.29 is 27.5 Å². The summed E-state index contributed by atoms with van der Waals surface area (Å²) in [7, 11) is 0. The molecule has 32 heavy (non-hydrogen) atoms. The van der Waals surface area contributed by atoms with Gasteiger partial charge in [-0.3, -0.25) is 14.6 Å². The molecule has 0 unspecified atom stereocenters. The van der Waals surface area contributed by atoms with Crippen LogP contribution in [0.1, 0.15) is 15.9 Å². The third-order valence-electron chi connectivity index (χ3n) is 3.97. The van der Waals surface area contributed by atoms with Gasteiger partial charge in [-0.2, -0.15) is 0 Å².